The Morgan fingerprint density at radius 2 is 2.06 bits per heavy atom. The Morgan fingerprint density at radius 1 is 1.33 bits per heavy atom. The summed E-state index contributed by atoms with van der Waals surface area (Å²) in [5, 5.41) is 7.14. The molecule has 0 atom stereocenters. The third-order valence-corrected chi connectivity index (χ3v) is 2.32. The van der Waals surface area contributed by atoms with Gasteiger partial charge in [-0.2, -0.15) is 5.10 Å². The molecule has 0 aliphatic heterocycles. The van der Waals surface area contributed by atoms with Gasteiger partial charge in [-0.05, 0) is 24.3 Å². The van der Waals surface area contributed by atoms with Gasteiger partial charge in [0.25, 0.3) is 0 Å². The molecular formula is C12H15ClFN3O. The molecular weight excluding hydrogens is 257 g/mol. The summed E-state index contributed by atoms with van der Waals surface area (Å²) in [4.78, 5) is 0. The summed E-state index contributed by atoms with van der Waals surface area (Å²) in [7, 11) is 1.84. The molecule has 1 N–H and O–H groups in total. The van der Waals surface area contributed by atoms with Crippen molar-refractivity contribution in [2.45, 2.75) is 6.54 Å². The Balaban J connectivity index is 0.00000162. The van der Waals surface area contributed by atoms with E-state index in [1.807, 2.05) is 13.2 Å². The van der Waals surface area contributed by atoms with Crippen molar-refractivity contribution in [3.63, 3.8) is 0 Å². The zero-order valence-corrected chi connectivity index (χ0v) is 10.8. The molecule has 6 heteroatoms. The minimum atomic E-state index is -0.261. The molecule has 2 rings (SSSR count). The molecule has 4 nitrogen and oxygen atoms in total. The van der Waals surface area contributed by atoms with Crippen molar-refractivity contribution in [3.05, 3.63) is 42.5 Å². The van der Waals surface area contributed by atoms with Gasteiger partial charge in [0.15, 0.2) is 0 Å². The second-order valence-electron chi connectivity index (χ2n) is 3.54. The van der Waals surface area contributed by atoms with Gasteiger partial charge in [-0.25, -0.2) is 4.39 Å². The number of halogens is 2. The number of anilines is 1. The summed E-state index contributed by atoms with van der Waals surface area (Å²) in [5.41, 5.74) is 0.965. The summed E-state index contributed by atoms with van der Waals surface area (Å²) in [6.45, 7) is 1.15. The van der Waals surface area contributed by atoms with Gasteiger partial charge in [-0.3, -0.25) is 4.68 Å². The average molecular weight is 272 g/mol. The van der Waals surface area contributed by atoms with Gasteiger partial charge >= 0.3 is 0 Å². The number of nitrogens with zero attached hydrogens (tertiary/aromatic N) is 2. The topological polar surface area (TPSA) is 39.1 Å². The first-order chi connectivity index (χ1) is 8.28. The first-order valence-electron chi connectivity index (χ1n) is 5.36. The molecule has 1 heterocycles. The quantitative estimate of drug-likeness (QED) is 0.908. The molecule has 0 bridgehead atoms. The summed E-state index contributed by atoms with van der Waals surface area (Å²) in [6.07, 6.45) is 3.64. The highest BCUT2D eigenvalue weighted by atomic mass is 35.5. The standard InChI is InChI=1S/C12H14FN3O.ClH/c1-14-11-8-15-16(9-11)6-7-17-12-4-2-10(13)3-5-12;/h2-5,8-9,14H,6-7H2,1H3;1H. The van der Waals surface area contributed by atoms with Crippen LogP contribution >= 0.6 is 12.4 Å². The molecule has 98 valence electrons. The number of hydrogen-bond donors (Lipinski definition) is 1. The van der Waals surface area contributed by atoms with Crippen molar-refractivity contribution in [3.8, 4) is 5.75 Å². The lowest BCUT2D eigenvalue weighted by molar-refractivity contribution is 0.291. The summed E-state index contributed by atoms with van der Waals surface area (Å²) >= 11 is 0. The highest BCUT2D eigenvalue weighted by Gasteiger charge is 1.97. The van der Waals surface area contributed by atoms with Crippen LogP contribution < -0.4 is 10.1 Å². The van der Waals surface area contributed by atoms with Crippen molar-refractivity contribution in [1.29, 1.82) is 0 Å². The Bertz CT molecular complexity index is 472. The second-order valence-corrected chi connectivity index (χ2v) is 3.54. The third-order valence-electron chi connectivity index (χ3n) is 2.32. The highest BCUT2D eigenvalue weighted by molar-refractivity contribution is 5.85. The Hall–Kier alpha value is -1.75. The predicted molar refractivity (Wildman–Crippen MR) is 70.9 cm³/mol. The van der Waals surface area contributed by atoms with Crippen molar-refractivity contribution in [2.75, 3.05) is 19.0 Å². The van der Waals surface area contributed by atoms with E-state index < -0.39 is 0 Å². The van der Waals surface area contributed by atoms with Crippen molar-refractivity contribution in [2.24, 2.45) is 0 Å². The summed E-state index contributed by atoms with van der Waals surface area (Å²) in [6, 6.07) is 5.97. The van der Waals surface area contributed by atoms with Crippen LogP contribution in [0.3, 0.4) is 0 Å². The number of hydrogen-bond acceptors (Lipinski definition) is 3. The molecule has 0 aliphatic carbocycles. The summed E-state index contributed by atoms with van der Waals surface area (Å²) in [5.74, 6) is 0.399. The van der Waals surface area contributed by atoms with Gasteiger partial charge < -0.3 is 10.1 Å². The minimum absolute atomic E-state index is 0. The molecule has 0 aliphatic rings. The van der Waals surface area contributed by atoms with E-state index in [1.54, 1.807) is 23.0 Å². The number of benzene rings is 1. The molecule has 0 unspecified atom stereocenters. The van der Waals surface area contributed by atoms with E-state index in [0.29, 0.717) is 18.9 Å². The molecule has 0 amide bonds. The minimum Gasteiger partial charge on any atom is -0.492 e. The number of rotatable bonds is 5. The van der Waals surface area contributed by atoms with E-state index in [-0.39, 0.29) is 18.2 Å². The Morgan fingerprint density at radius 3 is 2.67 bits per heavy atom. The lowest BCUT2D eigenvalue weighted by Crippen LogP contribution is -2.08. The van der Waals surface area contributed by atoms with E-state index in [4.69, 9.17) is 4.74 Å². The predicted octanol–water partition coefficient (Wildman–Crippen LogP) is 2.56. The summed E-state index contributed by atoms with van der Waals surface area (Å²) < 4.78 is 19.9. The van der Waals surface area contributed by atoms with E-state index in [0.717, 1.165) is 5.69 Å². The van der Waals surface area contributed by atoms with Gasteiger partial charge in [0.1, 0.15) is 18.2 Å². The average Bonchev–Trinajstić information content (AvgIpc) is 2.80. The van der Waals surface area contributed by atoms with Crippen LogP contribution in [-0.2, 0) is 6.54 Å². The van der Waals surface area contributed by atoms with Crippen LogP contribution in [0.15, 0.2) is 36.7 Å². The van der Waals surface area contributed by atoms with Gasteiger partial charge in [0, 0.05) is 13.2 Å². The largest absolute Gasteiger partial charge is 0.492 e. The van der Waals surface area contributed by atoms with Gasteiger partial charge in [-0.1, -0.05) is 0 Å². The molecule has 2 aromatic rings. The zero-order chi connectivity index (χ0) is 12.1. The number of nitrogens with one attached hydrogen (secondary N) is 1. The first-order valence-corrected chi connectivity index (χ1v) is 5.36. The van der Waals surface area contributed by atoms with E-state index in [2.05, 4.69) is 10.4 Å². The van der Waals surface area contributed by atoms with Crippen molar-refractivity contribution < 1.29 is 9.13 Å². The van der Waals surface area contributed by atoms with Gasteiger partial charge in [0.2, 0.25) is 0 Å². The third kappa shape index (κ3) is 3.92. The van der Waals surface area contributed by atoms with Crippen molar-refractivity contribution >= 4 is 18.1 Å². The molecule has 0 spiro atoms. The van der Waals surface area contributed by atoms with E-state index >= 15 is 0 Å². The Labute approximate surface area is 111 Å². The van der Waals surface area contributed by atoms with E-state index in [9.17, 15) is 4.39 Å². The molecule has 1 aromatic carbocycles. The van der Waals surface area contributed by atoms with Crippen LogP contribution in [-0.4, -0.2) is 23.4 Å². The monoisotopic (exact) mass is 271 g/mol. The van der Waals surface area contributed by atoms with Crippen LogP contribution in [0.5, 0.6) is 5.75 Å². The van der Waals surface area contributed by atoms with Crippen LogP contribution in [0, 0.1) is 5.82 Å². The zero-order valence-electron chi connectivity index (χ0n) is 9.97. The lowest BCUT2D eigenvalue weighted by atomic mass is 10.3. The maximum Gasteiger partial charge on any atom is 0.123 e. The Kier molecular flexibility index (Phi) is 5.45. The van der Waals surface area contributed by atoms with Crippen LogP contribution in [0.2, 0.25) is 0 Å². The number of aromatic nitrogens is 2. The van der Waals surface area contributed by atoms with E-state index in [1.165, 1.54) is 12.1 Å². The van der Waals surface area contributed by atoms with Gasteiger partial charge in [-0.15, -0.1) is 12.4 Å². The molecule has 18 heavy (non-hydrogen) atoms. The van der Waals surface area contributed by atoms with Crippen molar-refractivity contribution in [1.82, 2.24) is 9.78 Å². The number of ether oxygens (including phenoxy) is 1. The highest BCUT2D eigenvalue weighted by Crippen LogP contribution is 2.11. The lowest BCUT2D eigenvalue weighted by Gasteiger charge is -2.05. The molecule has 0 fully saturated rings. The second kappa shape index (κ2) is 6.86. The fourth-order valence-corrected chi connectivity index (χ4v) is 1.40. The molecule has 0 saturated heterocycles. The van der Waals surface area contributed by atoms with Crippen LogP contribution in [0.4, 0.5) is 10.1 Å². The maximum atomic E-state index is 12.6. The normalized spacial score (nSPS) is 9.67. The maximum absolute atomic E-state index is 12.6. The fraction of sp³-hybridized carbons (Fsp3) is 0.250. The van der Waals surface area contributed by atoms with Gasteiger partial charge in [0.05, 0.1) is 18.4 Å². The molecule has 1 aromatic heterocycles. The van der Waals surface area contributed by atoms with Crippen LogP contribution in [0.1, 0.15) is 0 Å². The molecule has 0 saturated carbocycles. The molecule has 0 radical (unpaired) electrons. The SMILES string of the molecule is CNc1cnn(CCOc2ccc(F)cc2)c1.Cl. The van der Waals surface area contributed by atoms with Crippen LogP contribution in [0.25, 0.3) is 0 Å². The smallest absolute Gasteiger partial charge is 0.123 e. The first kappa shape index (κ1) is 14.3. The fourth-order valence-electron chi connectivity index (χ4n) is 1.40.